The van der Waals surface area contributed by atoms with Crippen molar-refractivity contribution < 1.29 is 0 Å². The fraction of sp³-hybridized carbons (Fsp3) is 0.125. The first-order valence-electron chi connectivity index (χ1n) is 6.48. The van der Waals surface area contributed by atoms with Crippen LogP contribution in [0.1, 0.15) is 18.5 Å². The van der Waals surface area contributed by atoms with Gasteiger partial charge in [0.1, 0.15) is 0 Å². The summed E-state index contributed by atoms with van der Waals surface area (Å²) < 4.78 is 0. The van der Waals surface area contributed by atoms with E-state index in [1.54, 1.807) is 0 Å². The number of aromatic nitrogens is 2. The van der Waals surface area contributed by atoms with E-state index in [9.17, 15) is 0 Å². The van der Waals surface area contributed by atoms with E-state index in [0.29, 0.717) is 5.15 Å². The zero-order valence-corrected chi connectivity index (χ0v) is 11.8. The van der Waals surface area contributed by atoms with Crippen molar-refractivity contribution in [1.82, 2.24) is 10.2 Å². The van der Waals surface area contributed by atoms with Crippen LogP contribution in [0.25, 0.3) is 10.8 Å². The van der Waals surface area contributed by atoms with Gasteiger partial charge in [0.25, 0.3) is 0 Å². The molecule has 0 radical (unpaired) electrons. The third-order valence-corrected chi connectivity index (χ3v) is 3.57. The summed E-state index contributed by atoms with van der Waals surface area (Å²) in [5.41, 5.74) is 1.20. The Hall–Kier alpha value is -2.13. The summed E-state index contributed by atoms with van der Waals surface area (Å²) >= 11 is 6.08. The van der Waals surface area contributed by atoms with Crippen LogP contribution in [0.4, 0.5) is 5.82 Å². The van der Waals surface area contributed by atoms with Crippen molar-refractivity contribution in [2.24, 2.45) is 0 Å². The molecule has 4 heteroatoms. The van der Waals surface area contributed by atoms with E-state index in [-0.39, 0.29) is 6.04 Å². The molecule has 0 amide bonds. The fourth-order valence-electron chi connectivity index (χ4n) is 2.21. The van der Waals surface area contributed by atoms with Gasteiger partial charge in [0, 0.05) is 10.8 Å². The average Bonchev–Trinajstić information content (AvgIpc) is 2.51. The number of nitrogens with zero attached hydrogens (tertiary/aromatic N) is 2. The van der Waals surface area contributed by atoms with Crippen molar-refractivity contribution in [1.29, 1.82) is 0 Å². The molecule has 1 unspecified atom stereocenters. The highest BCUT2D eigenvalue weighted by molar-refractivity contribution is 6.34. The molecule has 2 aromatic carbocycles. The van der Waals surface area contributed by atoms with Gasteiger partial charge in [-0.3, -0.25) is 0 Å². The molecule has 0 saturated heterocycles. The quantitative estimate of drug-likeness (QED) is 0.771. The third kappa shape index (κ3) is 2.45. The first-order valence-corrected chi connectivity index (χ1v) is 6.86. The molecule has 100 valence electrons. The molecule has 0 spiro atoms. The SMILES string of the molecule is CC(Nc1nnc(Cl)c2ccccc12)c1ccccc1. The highest BCUT2D eigenvalue weighted by Crippen LogP contribution is 2.28. The highest BCUT2D eigenvalue weighted by Gasteiger charge is 2.10. The number of hydrogen-bond acceptors (Lipinski definition) is 3. The molecule has 1 aromatic heterocycles. The lowest BCUT2D eigenvalue weighted by molar-refractivity contribution is 0.865. The van der Waals surface area contributed by atoms with Crippen molar-refractivity contribution >= 4 is 28.2 Å². The zero-order chi connectivity index (χ0) is 13.9. The molecule has 3 rings (SSSR count). The van der Waals surface area contributed by atoms with Crippen LogP contribution < -0.4 is 5.32 Å². The monoisotopic (exact) mass is 283 g/mol. The predicted molar refractivity (Wildman–Crippen MR) is 83.0 cm³/mol. The van der Waals surface area contributed by atoms with Gasteiger partial charge in [0.05, 0.1) is 6.04 Å². The number of halogens is 1. The molecule has 1 heterocycles. The topological polar surface area (TPSA) is 37.8 Å². The predicted octanol–water partition coefficient (Wildman–Crippen LogP) is 4.46. The van der Waals surface area contributed by atoms with Gasteiger partial charge in [-0.05, 0) is 12.5 Å². The van der Waals surface area contributed by atoms with E-state index in [2.05, 4.69) is 34.6 Å². The molecule has 0 aliphatic carbocycles. The van der Waals surface area contributed by atoms with E-state index in [1.165, 1.54) is 5.56 Å². The van der Waals surface area contributed by atoms with Gasteiger partial charge in [-0.15, -0.1) is 10.2 Å². The minimum absolute atomic E-state index is 0.148. The van der Waals surface area contributed by atoms with Gasteiger partial charge >= 0.3 is 0 Å². The maximum absolute atomic E-state index is 6.08. The minimum atomic E-state index is 0.148. The maximum Gasteiger partial charge on any atom is 0.159 e. The van der Waals surface area contributed by atoms with Crippen LogP contribution in [0, 0.1) is 0 Å². The second kappa shape index (κ2) is 5.47. The summed E-state index contributed by atoms with van der Waals surface area (Å²) in [6.07, 6.45) is 0. The number of fused-ring (bicyclic) bond motifs is 1. The molecule has 1 N–H and O–H groups in total. The van der Waals surface area contributed by atoms with Crippen LogP contribution in [0.3, 0.4) is 0 Å². The van der Waals surface area contributed by atoms with Crippen LogP contribution in [-0.2, 0) is 0 Å². The van der Waals surface area contributed by atoms with E-state index in [1.807, 2.05) is 42.5 Å². The van der Waals surface area contributed by atoms with Crippen LogP contribution in [-0.4, -0.2) is 10.2 Å². The van der Waals surface area contributed by atoms with Crippen molar-refractivity contribution in [2.75, 3.05) is 5.32 Å². The fourth-order valence-corrected chi connectivity index (χ4v) is 2.41. The molecule has 0 aliphatic heterocycles. The van der Waals surface area contributed by atoms with Crippen molar-refractivity contribution in [3.63, 3.8) is 0 Å². The van der Waals surface area contributed by atoms with Gasteiger partial charge < -0.3 is 5.32 Å². The average molecular weight is 284 g/mol. The van der Waals surface area contributed by atoms with Gasteiger partial charge in [-0.2, -0.15) is 0 Å². The molecule has 0 bridgehead atoms. The largest absolute Gasteiger partial charge is 0.362 e. The number of anilines is 1. The Balaban J connectivity index is 1.97. The van der Waals surface area contributed by atoms with E-state index in [0.717, 1.165) is 16.6 Å². The Labute approximate surface area is 122 Å². The second-order valence-corrected chi connectivity index (χ2v) is 5.02. The Morgan fingerprint density at radius 2 is 1.55 bits per heavy atom. The number of hydrogen-bond donors (Lipinski definition) is 1. The summed E-state index contributed by atoms with van der Waals surface area (Å²) in [7, 11) is 0. The van der Waals surface area contributed by atoms with Gasteiger partial charge in [0.15, 0.2) is 11.0 Å². The van der Waals surface area contributed by atoms with Crippen LogP contribution in [0.5, 0.6) is 0 Å². The normalized spacial score (nSPS) is 12.3. The lowest BCUT2D eigenvalue weighted by atomic mass is 10.1. The summed E-state index contributed by atoms with van der Waals surface area (Å²) in [6, 6.07) is 18.2. The molecular formula is C16H14ClN3. The van der Waals surface area contributed by atoms with E-state index < -0.39 is 0 Å². The van der Waals surface area contributed by atoms with Crippen LogP contribution in [0.15, 0.2) is 54.6 Å². The lowest BCUT2D eigenvalue weighted by Gasteiger charge is -2.16. The summed E-state index contributed by atoms with van der Waals surface area (Å²) in [6.45, 7) is 2.10. The maximum atomic E-state index is 6.08. The van der Waals surface area contributed by atoms with Gasteiger partial charge in [-0.25, -0.2) is 0 Å². The van der Waals surface area contributed by atoms with Crippen LogP contribution >= 0.6 is 11.6 Å². The molecule has 3 aromatic rings. The number of benzene rings is 2. The van der Waals surface area contributed by atoms with Crippen LogP contribution in [0.2, 0.25) is 5.15 Å². The summed E-state index contributed by atoms with van der Waals surface area (Å²) in [5, 5.41) is 13.9. The first kappa shape index (κ1) is 12.9. The third-order valence-electron chi connectivity index (χ3n) is 3.30. The molecule has 0 fully saturated rings. The Morgan fingerprint density at radius 1 is 0.900 bits per heavy atom. The number of rotatable bonds is 3. The molecular weight excluding hydrogens is 270 g/mol. The standard InChI is InChI=1S/C16H14ClN3/c1-11(12-7-3-2-4-8-12)18-16-14-10-6-5-9-13(14)15(17)19-20-16/h2-11H,1H3,(H,18,20). The van der Waals surface area contributed by atoms with E-state index >= 15 is 0 Å². The number of nitrogens with one attached hydrogen (secondary N) is 1. The lowest BCUT2D eigenvalue weighted by Crippen LogP contribution is -2.09. The van der Waals surface area contributed by atoms with Gasteiger partial charge in [-0.1, -0.05) is 66.2 Å². The van der Waals surface area contributed by atoms with Crippen molar-refractivity contribution in [3.05, 3.63) is 65.3 Å². The summed E-state index contributed by atoms with van der Waals surface area (Å²) in [5.74, 6) is 0.751. The first-order chi connectivity index (χ1) is 9.75. The Bertz CT molecular complexity index is 728. The molecule has 1 atom stereocenters. The molecule has 0 aliphatic rings. The Kier molecular flexibility index (Phi) is 3.52. The molecule has 3 nitrogen and oxygen atoms in total. The highest BCUT2D eigenvalue weighted by atomic mass is 35.5. The molecule has 20 heavy (non-hydrogen) atoms. The Morgan fingerprint density at radius 3 is 2.30 bits per heavy atom. The zero-order valence-electron chi connectivity index (χ0n) is 11.0. The smallest absolute Gasteiger partial charge is 0.159 e. The van der Waals surface area contributed by atoms with Crippen molar-refractivity contribution in [3.8, 4) is 0 Å². The minimum Gasteiger partial charge on any atom is -0.362 e. The molecule has 0 saturated carbocycles. The second-order valence-electron chi connectivity index (χ2n) is 4.66. The van der Waals surface area contributed by atoms with Crippen molar-refractivity contribution in [2.45, 2.75) is 13.0 Å². The van der Waals surface area contributed by atoms with E-state index in [4.69, 9.17) is 11.6 Å². The van der Waals surface area contributed by atoms with Gasteiger partial charge in [0.2, 0.25) is 0 Å². The summed E-state index contributed by atoms with van der Waals surface area (Å²) in [4.78, 5) is 0.